The van der Waals surface area contributed by atoms with Crippen LogP contribution in [0.4, 0.5) is 4.39 Å². The minimum Gasteiger partial charge on any atom is -0.390 e. The predicted molar refractivity (Wildman–Crippen MR) is 65.8 cm³/mol. The van der Waals surface area contributed by atoms with Gasteiger partial charge in [0.15, 0.2) is 4.77 Å². The number of hydrogen-bond donors (Lipinski definition) is 2. The van der Waals surface area contributed by atoms with Crippen LogP contribution >= 0.6 is 12.2 Å². The van der Waals surface area contributed by atoms with Crippen LogP contribution in [0.15, 0.2) is 30.5 Å². The molecule has 0 aliphatic carbocycles. The Bertz CT molecular complexity index is 576. The van der Waals surface area contributed by atoms with Crippen molar-refractivity contribution in [3.63, 3.8) is 0 Å². The third-order valence-electron chi connectivity index (χ3n) is 2.77. The largest absolute Gasteiger partial charge is 0.390 e. The van der Waals surface area contributed by atoms with E-state index < -0.39 is 0 Å². The fraction of sp³-hybridized carbons (Fsp3) is 0.250. The van der Waals surface area contributed by atoms with E-state index in [1.54, 1.807) is 16.8 Å². The molecule has 90 valence electrons. The van der Waals surface area contributed by atoms with Gasteiger partial charge < -0.3 is 14.7 Å². The van der Waals surface area contributed by atoms with Gasteiger partial charge in [-0.3, -0.25) is 0 Å². The smallest absolute Gasteiger partial charge is 0.177 e. The molecular formula is C12H13FN2OS. The zero-order valence-corrected chi connectivity index (χ0v) is 10.2. The van der Waals surface area contributed by atoms with Crippen LogP contribution < -0.4 is 0 Å². The minimum absolute atomic E-state index is 0.104. The molecule has 0 fully saturated rings. The molecule has 1 atom stereocenters. The van der Waals surface area contributed by atoms with E-state index in [0.717, 1.165) is 5.56 Å². The molecule has 1 heterocycles. The van der Waals surface area contributed by atoms with Crippen LogP contribution in [-0.2, 0) is 6.61 Å². The van der Waals surface area contributed by atoms with Crippen molar-refractivity contribution in [3.8, 4) is 0 Å². The van der Waals surface area contributed by atoms with Gasteiger partial charge in [0, 0.05) is 6.20 Å². The Morgan fingerprint density at radius 3 is 2.94 bits per heavy atom. The summed E-state index contributed by atoms with van der Waals surface area (Å²) in [7, 11) is 0. The van der Waals surface area contributed by atoms with Crippen molar-refractivity contribution in [3.05, 3.63) is 52.3 Å². The van der Waals surface area contributed by atoms with Crippen LogP contribution in [0.25, 0.3) is 0 Å². The number of H-pyrrole nitrogens is 1. The lowest BCUT2D eigenvalue weighted by molar-refractivity contribution is 0.269. The standard InChI is InChI=1S/C12H13FN2OS/c1-8(9-3-2-4-10(13)5-9)15-11(7-16)6-14-12(15)17/h2-6,8,16H,7H2,1H3,(H,14,17). The quantitative estimate of drug-likeness (QED) is 0.825. The van der Waals surface area contributed by atoms with Gasteiger partial charge in [-0.1, -0.05) is 12.1 Å². The van der Waals surface area contributed by atoms with Crippen LogP contribution in [-0.4, -0.2) is 14.7 Å². The molecule has 0 saturated heterocycles. The summed E-state index contributed by atoms with van der Waals surface area (Å²) in [6.07, 6.45) is 1.66. The van der Waals surface area contributed by atoms with Gasteiger partial charge in [-0.25, -0.2) is 4.39 Å². The summed E-state index contributed by atoms with van der Waals surface area (Å²) in [6.45, 7) is 1.81. The van der Waals surface area contributed by atoms with Crippen LogP contribution in [0.3, 0.4) is 0 Å². The van der Waals surface area contributed by atoms with E-state index >= 15 is 0 Å². The number of benzene rings is 1. The molecule has 2 rings (SSSR count). The summed E-state index contributed by atoms with van der Waals surface area (Å²) < 4.78 is 15.5. The number of aliphatic hydroxyl groups excluding tert-OH is 1. The number of halogens is 1. The monoisotopic (exact) mass is 252 g/mol. The molecular weight excluding hydrogens is 239 g/mol. The van der Waals surface area contributed by atoms with Crippen molar-refractivity contribution in [1.82, 2.24) is 9.55 Å². The van der Waals surface area contributed by atoms with E-state index in [-0.39, 0.29) is 18.5 Å². The number of nitrogens with one attached hydrogen (secondary N) is 1. The van der Waals surface area contributed by atoms with E-state index in [1.807, 2.05) is 13.0 Å². The molecule has 0 amide bonds. The Morgan fingerprint density at radius 2 is 2.29 bits per heavy atom. The molecule has 0 aliphatic rings. The Kier molecular flexibility index (Phi) is 3.40. The Hall–Kier alpha value is -1.46. The molecule has 0 spiro atoms. The van der Waals surface area contributed by atoms with Gasteiger partial charge in [0.2, 0.25) is 0 Å². The number of imidazole rings is 1. The molecule has 1 unspecified atom stereocenters. The fourth-order valence-electron chi connectivity index (χ4n) is 1.88. The molecule has 0 saturated carbocycles. The van der Waals surface area contributed by atoms with Crippen LogP contribution in [0.2, 0.25) is 0 Å². The first-order valence-electron chi connectivity index (χ1n) is 5.28. The Balaban J connectivity index is 2.46. The predicted octanol–water partition coefficient (Wildman–Crippen LogP) is 2.79. The number of rotatable bonds is 3. The second-order valence-electron chi connectivity index (χ2n) is 3.84. The van der Waals surface area contributed by atoms with E-state index in [2.05, 4.69) is 4.98 Å². The topological polar surface area (TPSA) is 41.0 Å². The van der Waals surface area contributed by atoms with Crippen molar-refractivity contribution < 1.29 is 9.50 Å². The lowest BCUT2D eigenvalue weighted by Crippen LogP contribution is -2.10. The maximum absolute atomic E-state index is 13.2. The average molecular weight is 252 g/mol. The van der Waals surface area contributed by atoms with Gasteiger partial charge >= 0.3 is 0 Å². The van der Waals surface area contributed by atoms with E-state index in [0.29, 0.717) is 10.5 Å². The third-order valence-corrected chi connectivity index (χ3v) is 3.09. The summed E-state index contributed by atoms with van der Waals surface area (Å²) >= 11 is 5.15. The first-order chi connectivity index (χ1) is 8.13. The van der Waals surface area contributed by atoms with Gasteiger partial charge in [-0.15, -0.1) is 0 Å². The van der Waals surface area contributed by atoms with Crippen LogP contribution in [0.5, 0.6) is 0 Å². The highest BCUT2D eigenvalue weighted by molar-refractivity contribution is 7.71. The molecule has 2 N–H and O–H groups in total. The second-order valence-corrected chi connectivity index (χ2v) is 4.23. The molecule has 17 heavy (non-hydrogen) atoms. The van der Waals surface area contributed by atoms with Crippen molar-refractivity contribution >= 4 is 12.2 Å². The number of aliphatic hydroxyl groups is 1. The maximum atomic E-state index is 13.2. The highest BCUT2D eigenvalue weighted by atomic mass is 32.1. The highest BCUT2D eigenvalue weighted by Gasteiger charge is 2.13. The zero-order valence-electron chi connectivity index (χ0n) is 9.35. The summed E-state index contributed by atoms with van der Waals surface area (Å²) in [4.78, 5) is 2.88. The molecule has 2 aromatic rings. The summed E-state index contributed by atoms with van der Waals surface area (Å²) in [5, 5.41) is 9.22. The van der Waals surface area contributed by atoms with Crippen LogP contribution in [0.1, 0.15) is 24.2 Å². The molecule has 3 nitrogen and oxygen atoms in total. The fourth-order valence-corrected chi connectivity index (χ4v) is 2.21. The van der Waals surface area contributed by atoms with Crippen molar-refractivity contribution in [2.75, 3.05) is 0 Å². The zero-order chi connectivity index (χ0) is 12.4. The molecule has 0 bridgehead atoms. The van der Waals surface area contributed by atoms with Crippen LogP contribution in [0, 0.1) is 10.6 Å². The average Bonchev–Trinajstić information content (AvgIpc) is 2.69. The molecule has 0 aliphatic heterocycles. The number of aromatic amines is 1. The Labute approximate surface area is 104 Å². The van der Waals surface area contributed by atoms with Crippen molar-refractivity contribution in [2.24, 2.45) is 0 Å². The summed E-state index contributed by atoms with van der Waals surface area (Å²) in [5.74, 6) is -0.276. The molecule has 1 aromatic heterocycles. The molecule has 5 heteroatoms. The normalized spacial score (nSPS) is 12.6. The van der Waals surface area contributed by atoms with Crippen molar-refractivity contribution in [1.29, 1.82) is 0 Å². The van der Waals surface area contributed by atoms with E-state index in [1.165, 1.54) is 12.1 Å². The van der Waals surface area contributed by atoms with Gasteiger partial charge in [0.25, 0.3) is 0 Å². The SMILES string of the molecule is CC(c1cccc(F)c1)n1c(CO)c[nH]c1=S. The van der Waals surface area contributed by atoms with Gasteiger partial charge in [-0.2, -0.15) is 0 Å². The minimum atomic E-state index is -0.276. The Morgan fingerprint density at radius 1 is 1.53 bits per heavy atom. The highest BCUT2D eigenvalue weighted by Crippen LogP contribution is 2.21. The number of hydrogen-bond acceptors (Lipinski definition) is 2. The maximum Gasteiger partial charge on any atom is 0.177 e. The van der Waals surface area contributed by atoms with Gasteiger partial charge in [0.05, 0.1) is 18.3 Å². The van der Waals surface area contributed by atoms with Gasteiger partial charge in [0.1, 0.15) is 5.82 Å². The first-order valence-corrected chi connectivity index (χ1v) is 5.69. The summed E-state index contributed by atoms with van der Waals surface area (Å²) in [5.41, 5.74) is 1.50. The first kappa shape index (κ1) is 12.0. The number of aromatic nitrogens is 2. The number of nitrogens with zero attached hydrogens (tertiary/aromatic N) is 1. The van der Waals surface area contributed by atoms with E-state index in [9.17, 15) is 9.50 Å². The lowest BCUT2D eigenvalue weighted by Gasteiger charge is -2.16. The summed E-state index contributed by atoms with van der Waals surface area (Å²) in [6, 6.07) is 6.26. The van der Waals surface area contributed by atoms with E-state index in [4.69, 9.17) is 12.2 Å². The lowest BCUT2D eigenvalue weighted by atomic mass is 10.1. The molecule has 1 aromatic carbocycles. The molecule has 0 radical (unpaired) electrons. The van der Waals surface area contributed by atoms with Gasteiger partial charge in [-0.05, 0) is 36.8 Å². The second kappa shape index (κ2) is 4.81. The van der Waals surface area contributed by atoms with Crippen molar-refractivity contribution in [2.45, 2.75) is 19.6 Å². The third kappa shape index (κ3) is 2.30.